The molecule has 0 aliphatic heterocycles. The number of fused-ring (bicyclic) bond motifs is 1. The van der Waals surface area contributed by atoms with Crippen LogP contribution in [-0.2, 0) is 6.42 Å². The fourth-order valence-electron chi connectivity index (χ4n) is 4.53. The number of halogens is 2. The van der Waals surface area contributed by atoms with Crippen molar-refractivity contribution in [3.8, 4) is 22.4 Å². The van der Waals surface area contributed by atoms with Crippen molar-refractivity contribution in [3.05, 3.63) is 88.7 Å². The zero-order valence-corrected chi connectivity index (χ0v) is 23.4. The van der Waals surface area contributed by atoms with Gasteiger partial charge >= 0.3 is 6.03 Å². The second kappa shape index (κ2) is 11.7. The van der Waals surface area contributed by atoms with Crippen molar-refractivity contribution in [1.82, 2.24) is 24.5 Å². The lowest BCUT2D eigenvalue weighted by Gasteiger charge is -2.16. The van der Waals surface area contributed by atoms with Gasteiger partial charge in [0, 0.05) is 42.2 Å². The summed E-state index contributed by atoms with van der Waals surface area (Å²) in [5, 5.41) is 8.62. The van der Waals surface area contributed by atoms with Gasteiger partial charge in [0.25, 0.3) is 5.56 Å². The summed E-state index contributed by atoms with van der Waals surface area (Å²) in [6.07, 6.45) is 3.56. The Bertz CT molecular complexity index is 1870. The molecule has 0 saturated carbocycles. The van der Waals surface area contributed by atoms with Crippen molar-refractivity contribution in [2.45, 2.75) is 33.2 Å². The van der Waals surface area contributed by atoms with Crippen LogP contribution in [0, 0.1) is 11.6 Å². The van der Waals surface area contributed by atoms with E-state index in [0.717, 1.165) is 0 Å². The SMILES string of the molecule is CCc1ncc(NC(=O)Nc2cc(-c3cc4cnc(NC)nc4n(C(C)C)c3=O)ccc2F)c(-c2cccc(F)c2)n1. The molecule has 0 fully saturated rings. The van der Waals surface area contributed by atoms with Gasteiger partial charge in [-0.2, -0.15) is 4.98 Å². The summed E-state index contributed by atoms with van der Waals surface area (Å²) in [7, 11) is 1.69. The summed E-state index contributed by atoms with van der Waals surface area (Å²) in [4.78, 5) is 44.0. The predicted molar refractivity (Wildman–Crippen MR) is 159 cm³/mol. The molecule has 0 spiro atoms. The molecule has 12 heteroatoms. The van der Waals surface area contributed by atoms with E-state index in [1.54, 1.807) is 29.9 Å². The van der Waals surface area contributed by atoms with E-state index in [1.165, 1.54) is 42.6 Å². The van der Waals surface area contributed by atoms with Crippen LogP contribution in [0.25, 0.3) is 33.4 Å². The summed E-state index contributed by atoms with van der Waals surface area (Å²) in [6.45, 7) is 5.60. The lowest BCUT2D eigenvalue weighted by Crippen LogP contribution is -2.25. The average molecular weight is 571 g/mol. The first kappa shape index (κ1) is 28.3. The fourth-order valence-corrected chi connectivity index (χ4v) is 4.53. The van der Waals surface area contributed by atoms with Crippen LogP contribution >= 0.6 is 0 Å². The summed E-state index contributed by atoms with van der Waals surface area (Å²) in [6, 6.07) is 10.5. The number of anilines is 3. The average Bonchev–Trinajstić information content (AvgIpc) is 2.97. The molecule has 0 aliphatic rings. The first-order valence-electron chi connectivity index (χ1n) is 13.3. The number of nitrogens with one attached hydrogen (secondary N) is 3. The van der Waals surface area contributed by atoms with Gasteiger partial charge in [0.05, 0.1) is 23.3 Å². The normalized spacial score (nSPS) is 11.1. The number of pyridine rings is 1. The molecule has 2 amide bonds. The number of amides is 2. The standard InChI is InChI=1S/C30H28F2N8O2/c1-5-25-34-15-24(26(38-25)18-7-6-8-20(31)11-18)37-30(42)36-23-13-17(9-10-22(23)32)21-12-19-14-35-29(33-4)39-27(19)40(16(2)3)28(21)41/h6-16H,5H2,1-4H3,(H,33,35,39)(H2,36,37,42). The second-order valence-corrected chi connectivity index (χ2v) is 9.74. The number of aromatic nitrogens is 5. The van der Waals surface area contributed by atoms with Gasteiger partial charge in [-0.3, -0.25) is 9.36 Å². The van der Waals surface area contributed by atoms with E-state index in [1.807, 2.05) is 20.8 Å². The molecule has 0 aliphatic carbocycles. The maximum absolute atomic E-state index is 14.9. The highest BCUT2D eigenvalue weighted by molar-refractivity contribution is 6.02. The lowest BCUT2D eigenvalue weighted by molar-refractivity contribution is 0.262. The Morgan fingerprint density at radius 1 is 0.952 bits per heavy atom. The Kier molecular flexibility index (Phi) is 7.87. The minimum Gasteiger partial charge on any atom is -0.357 e. The van der Waals surface area contributed by atoms with Crippen molar-refractivity contribution in [3.63, 3.8) is 0 Å². The quantitative estimate of drug-likeness (QED) is 0.218. The number of benzene rings is 2. The van der Waals surface area contributed by atoms with E-state index < -0.39 is 17.7 Å². The van der Waals surface area contributed by atoms with Crippen LogP contribution in [0.2, 0.25) is 0 Å². The molecule has 5 aromatic rings. The van der Waals surface area contributed by atoms with Gasteiger partial charge in [0.2, 0.25) is 5.95 Å². The second-order valence-electron chi connectivity index (χ2n) is 9.74. The molecule has 3 aromatic heterocycles. The highest BCUT2D eigenvalue weighted by atomic mass is 19.1. The minimum absolute atomic E-state index is 0.152. The van der Waals surface area contributed by atoms with E-state index >= 15 is 0 Å². The van der Waals surface area contributed by atoms with E-state index in [4.69, 9.17) is 0 Å². The van der Waals surface area contributed by atoms with Crippen LogP contribution in [0.5, 0.6) is 0 Å². The number of hydrogen-bond acceptors (Lipinski definition) is 7. The van der Waals surface area contributed by atoms with Crippen LogP contribution in [0.1, 0.15) is 32.6 Å². The molecule has 214 valence electrons. The van der Waals surface area contributed by atoms with Crippen LogP contribution in [0.3, 0.4) is 0 Å². The monoisotopic (exact) mass is 570 g/mol. The number of hydrogen-bond donors (Lipinski definition) is 3. The molecule has 0 bridgehead atoms. The predicted octanol–water partition coefficient (Wildman–Crippen LogP) is 6.02. The van der Waals surface area contributed by atoms with Crippen molar-refractivity contribution in [2.75, 3.05) is 23.0 Å². The summed E-state index contributed by atoms with van der Waals surface area (Å²) in [5.74, 6) is -0.283. The van der Waals surface area contributed by atoms with E-state index in [9.17, 15) is 18.4 Å². The Morgan fingerprint density at radius 3 is 2.45 bits per heavy atom. The van der Waals surface area contributed by atoms with Crippen molar-refractivity contribution < 1.29 is 13.6 Å². The zero-order chi connectivity index (χ0) is 30.0. The van der Waals surface area contributed by atoms with Crippen LogP contribution in [0.4, 0.5) is 30.9 Å². The molecule has 0 unspecified atom stereocenters. The van der Waals surface area contributed by atoms with E-state index in [0.29, 0.717) is 46.0 Å². The van der Waals surface area contributed by atoms with Gasteiger partial charge < -0.3 is 16.0 Å². The van der Waals surface area contributed by atoms with Crippen LogP contribution in [-0.4, -0.2) is 37.6 Å². The van der Waals surface area contributed by atoms with Gasteiger partial charge in [-0.25, -0.2) is 28.5 Å². The largest absolute Gasteiger partial charge is 0.357 e. The number of rotatable bonds is 7. The Labute approximate surface area is 239 Å². The molecule has 5 rings (SSSR count). The number of carbonyl (C=O) groups excluding carboxylic acids is 1. The number of nitrogens with zero attached hydrogens (tertiary/aromatic N) is 5. The third-order valence-electron chi connectivity index (χ3n) is 6.54. The molecular weight excluding hydrogens is 542 g/mol. The molecule has 42 heavy (non-hydrogen) atoms. The van der Waals surface area contributed by atoms with Gasteiger partial charge in [-0.05, 0) is 49.7 Å². The fraction of sp³-hybridized carbons (Fsp3) is 0.200. The first-order valence-corrected chi connectivity index (χ1v) is 13.3. The molecule has 0 atom stereocenters. The molecule has 3 heterocycles. The van der Waals surface area contributed by atoms with E-state index in [-0.39, 0.29) is 28.5 Å². The third kappa shape index (κ3) is 5.64. The minimum atomic E-state index is -0.775. The number of aryl methyl sites for hydroxylation is 1. The van der Waals surface area contributed by atoms with Crippen molar-refractivity contribution in [2.24, 2.45) is 0 Å². The lowest BCUT2D eigenvalue weighted by atomic mass is 10.0. The Balaban J connectivity index is 1.49. The van der Waals surface area contributed by atoms with Gasteiger partial charge in [0.1, 0.15) is 23.1 Å². The number of urea groups is 1. The van der Waals surface area contributed by atoms with Crippen LogP contribution in [0.15, 0.2) is 65.7 Å². The molecule has 0 saturated heterocycles. The highest BCUT2D eigenvalue weighted by Gasteiger charge is 2.18. The smallest absolute Gasteiger partial charge is 0.323 e. The van der Waals surface area contributed by atoms with Crippen molar-refractivity contribution >= 4 is 34.4 Å². The third-order valence-corrected chi connectivity index (χ3v) is 6.54. The maximum Gasteiger partial charge on any atom is 0.323 e. The van der Waals surface area contributed by atoms with Gasteiger partial charge in [0.15, 0.2) is 0 Å². The summed E-state index contributed by atoms with van der Waals surface area (Å²) in [5.41, 5.74) is 1.64. The molecule has 0 radical (unpaired) electrons. The number of carbonyl (C=O) groups is 1. The zero-order valence-electron chi connectivity index (χ0n) is 23.4. The van der Waals surface area contributed by atoms with Gasteiger partial charge in [-0.1, -0.05) is 25.1 Å². The van der Waals surface area contributed by atoms with Crippen molar-refractivity contribution in [1.29, 1.82) is 0 Å². The van der Waals surface area contributed by atoms with E-state index in [2.05, 4.69) is 35.9 Å². The Morgan fingerprint density at radius 2 is 1.74 bits per heavy atom. The first-order chi connectivity index (χ1) is 20.2. The summed E-state index contributed by atoms with van der Waals surface area (Å²) >= 11 is 0. The Hall–Kier alpha value is -5.26. The molecule has 3 N–H and O–H groups in total. The molecule has 2 aromatic carbocycles. The van der Waals surface area contributed by atoms with Crippen LogP contribution < -0.4 is 21.5 Å². The molecule has 10 nitrogen and oxygen atoms in total. The maximum atomic E-state index is 14.9. The highest BCUT2D eigenvalue weighted by Crippen LogP contribution is 2.29. The summed E-state index contributed by atoms with van der Waals surface area (Å²) < 4.78 is 30.4. The molecular formula is C30H28F2N8O2. The topological polar surface area (TPSA) is 127 Å². The van der Waals surface area contributed by atoms with Gasteiger partial charge in [-0.15, -0.1) is 0 Å².